The van der Waals surface area contributed by atoms with Crippen LogP contribution in [0.4, 0.5) is 0 Å². The maximum Gasteiger partial charge on any atom is 0.129 e. The number of piperidine rings is 1. The molecule has 1 saturated heterocycles. The van der Waals surface area contributed by atoms with E-state index in [-0.39, 0.29) is 12.1 Å². The predicted molar refractivity (Wildman–Crippen MR) is 97.7 cm³/mol. The molecule has 1 heterocycles. The second-order valence-electron chi connectivity index (χ2n) is 7.57. The topological polar surface area (TPSA) is 49.3 Å². The summed E-state index contributed by atoms with van der Waals surface area (Å²) in [4.78, 5) is 10.8. The molecule has 3 nitrogen and oxygen atoms in total. The molecule has 0 amide bonds. The lowest BCUT2D eigenvalue weighted by molar-refractivity contribution is -0.117. The van der Waals surface area contributed by atoms with Gasteiger partial charge in [-0.2, -0.15) is 0 Å². The highest BCUT2D eigenvalue weighted by molar-refractivity contribution is 5.75. The van der Waals surface area contributed by atoms with Crippen LogP contribution in [0.15, 0.2) is 0 Å². The zero-order valence-electron chi connectivity index (χ0n) is 15.5. The van der Waals surface area contributed by atoms with Crippen LogP contribution in [0.2, 0.25) is 0 Å². The van der Waals surface area contributed by atoms with Crippen molar-refractivity contribution in [1.29, 1.82) is 0 Å². The number of rotatable bonds is 13. The fourth-order valence-corrected chi connectivity index (χ4v) is 3.59. The summed E-state index contributed by atoms with van der Waals surface area (Å²) in [5.41, 5.74) is 0. The minimum Gasteiger partial charge on any atom is -0.392 e. The van der Waals surface area contributed by atoms with Gasteiger partial charge in [0.25, 0.3) is 0 Å². The number of nitrogens with one attached hydrogen (secondary N) is 1. The van der Waals surface area contributed by atoms with Crippen LogP contribution in [0.25, 0.3) is 0 Å². The van der Waals surface area contributed by atoms with Crippen LogP contribution in [-0.2, 0) is 4.79 Å². The molecule has 2 N–H and O–H groups in total. The number of aliphatic hydroxyl groups is 1. The highest BCUT2D eigenvalue weighted by atomic mass is 16.3. The minimum atomic E-state index is -0.145. The average molecular weight is 326 g/mol. The molecule has 3 heteroatoms. The van der Waals surface area contributed by atoms with Crippen LogP contribution in [-0.4, -0.2) is 29.1 Å². The Kier molecular flexibility index (Phi) is 11.6. The van der Waals surface area contributed by atoms with Crippen molar-refractivity contribution in [3.05, 3.63) is 0 Å². The van der Waals surface area contributed by atoms with Crippen molar-refractivity contribution in [2.45, 2.75) is 122 Å². The average Bonchev–Trinajstić information content (AvgIpc) is 2.51. The fraction of sp³-hybridized carbons (Fsp3) is 0.950. The molecule has 136 valence electrons. The Balaban J connectivity index is 1.79. The van der Waals surface area contributed by atoms with Gasteiger partial charge >= 0.3 is 0 Å². The van der Waals surface area contributed by atoms with Crippen LogP contribution >= 0.6 is 0 Å². The summed E-state index contributed by atoms with van der Waals surface area (Å²) in [6.45, 7) is 3.78. The lowest BCUT2D eigenvalue weighted by atomic mass is 9.93. The second kappa shape index (κ2) is 12.9. The molecule has 0 spiro atoms. The summed E-state index contributed by atoms with van der Waals surface area (Å²) in [7, 11) is 0. The zero-order chi connectivity index (χ0) is 16.9. The number of hydrogen-bond acceptors (Lipinski definition) is 3. The smallest absolute Gasteiger partial charge is 0.129 e. The number of aliphatic hydroxyl groups excluding tert-OH is 1. The first-order valence-electron chi connectivity index (χ1n) is 10.0. The van der Waals surface area contributed by atoms with Crippen molar-refractivity contribution < 1.29 is 9.90 Å². The zero-order valence-corrected chi connectivity index (χ0v) is 15.5. The highest BCUT2D eigenvalue weighted by Gasteiger charge is 2.24. The standard InChI is InChI=1S/C20H39NO2/c1-17(22)13-11-9-7-5-3-4-6-8-10-12-14-19-15-16-20(23)18(2)21-19/h18-21,23H,3-16H2,1-2H3/t18-,19+,20+/m1/s1. The Morgan fingerprint density at radius 1 is 0.913 bits per heavy atom. The van der Waals surface area contributed by atoms with E-state index in [1.807, 2.05) is 0 Å². The largest absolute Gasteiger partial charge is 0.392 e. The molecule has 0 radical (unpaired) electrons. The van der Waals surface area contributed by atoms with E-state index in [2.05, 4.69) is 12.2 Å². The van der Waals surface area contributed by atoms with Gasteiger partial charge in [-0.15, -0.1) is 0 Å². The van der Waals surface area contributed by atoms with E-state index >= 15 is 0 Å². The van der Waals surface area contributed by atoms with Gasteiger partial charge in [0.2, 0.25) is 0 Å². The number of ketones is 1. The molecule has 3 atom stereocenters. The monoisotopic (exact) mass is 325 g/mol. The van der Waals surface area contributed by atoms with E-state index in [0.29, 0.717) is 11.8 Å². The first-order chi connectivity index (χ1) is 11.1. The summed E-state index contributed by atoms with van der Waals surface area (Å²) in [5.74, 6) is 0.332. The third-order valence-electron chi connectivity index (χ3n) is 5.22. The Hall–Kier alpha value is -0.410. The van der Waals surface area contributed by atoms with E-state index in [4.69, 9.17) is 0 Å². The van der Waals surface area contributed by atoms with Crippen LogP contribution in [0, 0.1) is 0 Å². The van der Waals surface area contributed by atoms with E-state index in [0.717, 1.165) is 25.7 Å². The molecule has 1 rings (SSSR count). The number of Topliss-reactive ketones (excluding diaryl/α,β-unsaturated/α-hetero) is 1. The molecule has 0 aromatic heterocycles. The molecule has 0 bridgehead atoms. The lowest BCUT2D eigenvalue weighted by Crippen LogP contribution is -2.48. The number of hydrogen-bond donors (Lipinski definition) is 2. The van der Waals surface area contributed by atoms with E-state index in [1.54, 1.807) is 6.92 Å². The minimum absolute atomic E-state index is 0.145. The number of carbonyl (C=O) groups excluding carboxylic acids is 1. The SMILES string of the molecule is CC(=O)CCCCCCCCCCCC[C@H]1CC[C@H](O)[C@@H](C)N1. The number of unbranched alkanes of at least 4 members (excludes halogenated alkanes) is 9. The second-order valence-corrected chi connectivity index (χ2v) is 7.57. The summed E-state index contributed by atoms with van der Waals surface area (Å²) in [6, 6.07) is 0.896. The van der Waals surface area contributed by atoms with Gasteiger partial charge in [0, 0.05) is 18.5 Å². The summed E-state index contributed by atoms with van der Waals surface area (Å²) in [5, 5.41) is 13.2. The van der Waals surface area contributed by atoms with Crippen molar-refractivity contribution in [3.63, 3.8) is 0 Å². The molecule has 1 aliphatic rings. The molecule has 0 aromatic carbocycles. The van der Waals surface area contributed by atoms with Crippen LogP contribution in [0.5, 0.6) is 0 Å². The lowest BCUT2D eigenvalue weighted by Gasteiger charge is -2.32. The van der Waals surface area contributed by atoms with E-state index in [1.165, 1.54) is 64.2 Å². The van der Waals surface area contributed by atoms with Crippen LogP contribution in [0.1, 0.15) is 104 Å². The van der Waals surface area contributed by atoms with Crippen molar-refractivity contribution >= 4 is 5.78 Å². The summed E-state index contributed by atoms with van der Waals surface area (Å²) >= 11 is 0. The fourth-order valence-electron chi connectivity index (χ4n) is 3.59. The van der Waals surface area contributed by atoms with Crippen molar-refractivity contribution in [2.75, 3.05) is 0 Å². The molecular formula is C20H39NO2. The Labute approximate surface area is 143 Å². The third-order valence-corrected chi connectivity index (χ3v) is 5.22. The Morgan fingerprint density at radius 2 is 1.43 bits per heavy atom. The van der Waals surface area contributed by atoms with Gasteiger partial charge in [0.05, 0.1) is 6.10 Å². The summed E-state index contributed by atoms with van der Waals surface area (Å²) < 4.78 is 0. The van der Waals surface area contributed by atoms with E-state index in [9.17, 15) is 9.90 Å². The van der Waals surface area contributed by atoms with Crippen molar-refractivity contribution in [2.24, 2.45) is 0 Å². The van der Waals surface area contributed by atoms with Gasteiger partial charge in [-0.1, -0.05) is 57.8 Å². The van der Waals surface area contributed by atoms with Gasteiger partial charge < -0.3 is 15.2 Å². The third kappa shape index (κ3) is 10.9. The van der Waals surface area contributed by atoms with Gasteiger partial charge in [-0.05, 0) is 39.5 Å². The molecular weight excluding hydrogens is 286 g/mol. The predicted octanol–water partition coefficient (Wildman–Crippen LogP) is 4.76. The molecule has 1 aliphatic heterocycles. The van der Waals surface area contributed by atoms with Crippen LogP contribution < -0.4 is 5.32 Å². The summed E-state index contributed by atoms with van der Waals surface area (Å²) in [6.07, 6.45) is 17.1. The molecule has 1 fully saturated rings. The maximum absolute atomic E-state index is 10.8. The Bertz CT molecular complexity index is 306. The first-order valence-corrected chi connectivity index (χ1v) is 10.0. The quantitative estimate of drug-likeness (QED) is 0.480. The number of carbonyl (C=O) groups is 1. The van der Waals surface area contributed by atoms with Gasteiger partial charge in [-0.25, -0.2) is 0 Å². The van der Waals surface area contributed by atoms with Crippen molar-refractivity contribution in [3.8, 4) is 0 Å². The van der Waals surface area contributed by atoms with Gasteiger partial charge in [0.15, 0.2) is 0 Å². The molecule has 0 aromatic rings. The molecule has 0 saturated carbocycles. The van der Waals surface area contributed by atoms with Crippen molar-refractivity contribution in [1.82, 2.24) is 5.32 Å². The van der Waals surface area contributed by atoms with Gasteiger partial charge in [-0.3, -0.25) is 0 Å². The normalized spacial score (nSPS) is 24.7. The highest BCUT2D eigenvalue weighted by Crippen LogP contribution is 2.18. The van der Waals surface area contributed by atoms with Gasteiger partial charge in [0.1, 0.15) is 5.78 Å². The molecule has 0 unspecified atom stereocenters. The molecule has 0 aliphatic carbocycles. The van der Waals surface area contributed by atoms with E-state index < -0.39 is 0 Å². The maximum atomic E-state index is 10.8. The Morgan fingerprint density at radius 3 is 1.96 bits per heavy atom. The first kappa shape index (κ1) is 20.6. The van der Waals surface area contributed by atoms with Crippen LogP contribution in [0.3, 0.4) is 0 Å². The molecule has 23 heavy (non-hydrogen) atoms.